The smallest absolute Gasteiger partial charge is 0.289 e. The zero-order valence-corrected chi connectivity index (χ0v) is 16.4. The molecule has 3 rings (SSSR count). The second kappa shape index (κ2) is 8.08. The average molecular weight is 458 g/mol. The van der Waals surface area contributed by atoms with Crippen LogP contribution in [0.15, 0.2) is 71.6 Å². The minimum atomic E-state index is -4.88. The molecule has 0 aromatic heterocycles. The Morgan fingerprint density at radius 3 is 2.23 bits per heavy atom. The lowest BCUT2D eigenvalue weighted by molar-refractivity contribution is -0.137. The van der Waals surface area contributed by atoms with Crippen LogP contribution < -0.4 is 4.72 Å². The molecule has 0 aliphatic carbocycles. The number of hydrogen-bond donors (Lipinski definition) is 1. The number of anilines is 1. The van der Waals surface area contributed by atoms with Crippen molar-refractivity contribution in [2.75, 3.05) is 4.72 Å². The Morgan fingerprint density at radius 2 is 1.60 bits per heavy atom. The van der Waals surface area contributed by atoms with E-state index in [1.165, 1.54) is 12.1 Å². The molecule has 0 fully saturated rings. The van der Waals surface area contributed by atoms with E-state index in [0.717, 1.165) is 30.3 Å². The Labute approximate surface area is 174 Å². The predicted molar refractivity (Wildman–Crippen MR) is 104 cm³/mol. The predicted octanol–water partition coefficient (Wildman–Crippen LogP) is 5.53. The summed E-state index contributed by atoms with van der Waals surface area (Å²) in [5, 5.41) is -0.674. The van der Waals surface area contributed by atoms with Gasteiger partial charge in [-0.15, -0.1) is 0 Å². The van der Waals surface area contributed by atoms with Crippen molar-refractivity contribution in [3.8, 4) is 0 Å². The average Bonchev–Trinajstić information content (AvgIpc) is 2.67. The van der Waals surface area contributed by atoms with Crippen LogP contribution >= 0.6 is 11.6 Å². The van der Waals surface area contributed by atoms with E-state index in [0.29, 0.717) is 6.07 Å². The van der Waals surface area contributed by atoms with Gasteiger partial charge in [-0.2, -0.15) is 13.2 Å². The van der Waals surface area contributed by atoms with Crippen LogP contribution in [0.5, 0.6) is 0 Å². The van der Waals surface area contributed by atoms with Gasteiger partial charge in [0.25, 0.3) is 10.0 Å². The molecule has 0 radical (unpaired) electrons. The van der Waals surface area contributed by atoms with E-state index < -0.39 is 49.0 Å². The largest absolute Gasteiger partial charge is 0.417 e. The van der Waals surface area contributed by atoms with E-state index in [-0.39, 0.29) is 11.1 Å². The van der Waals surface area contributed by atoms with Crippen molar-refractivity contribution in [2.24, 2.45) is 0 Å². The molecule has 10 heteroatoms. The highest BCUT2D eigenvalue weighted by Gasteiger charge is 2.34. The summed E-state index contributed by atoms with van der Waals surface area (Å²) in [4.78, 5) is 12.0. The summed E-state index contributed by atoms with van der Waals surface area (Å²) >= 11 is 5.52. The Bertz CT molecular complexity index is 1210. The van der Waals surface area contributed by atoms with Crippen molar-refractivity contribution >= 4 is 33.1 Å². The van der Waals surface area contributed by atoms with Crippen LogP contribution in [-0.4, -0.2) is 14.2 Å². The van der Waals surface area contributed by atoms with Gasteiger partial charge in [-0.1, -0.05) is 41.9 Å². The number of benzene rings is 3. The summed E-state index contributed by atoms with van der Waals surface area (Å²) in [6.07, 6.45) is -4.88. The molecule has 0 unspecified atom stereocenters. The first kappa shape index (κ1) is 21.8. The van der Waals surface area contributed by atoms with Crippen molar-refractivity contribution in [1.82, 2.24) is 0 Å². The van der Waals surface area contributed by atoms with Crippen LogP contribution in [0.1, 0.15) is 21.5 Å². The second-order valence-electron chi connectivity index (χ2n) is 6.13. The minimum absolute atomic E-state index is 0.170. The number of carbonyl (C=O) groups is 1. The molecule has 0 saturated heterocycles. The second-order valence-corrected chi connectivity index (χ2v) is 8.22. The summed E-state index contributed by atoms with van der Waals surface area (Å²) < 4.78 is 80.2. The van der Waals surface area contributed by atoms with E-state index in [9.17, 15) is 30.8 Å². The van der Waals surface area contributed by atoms with Crippen LogP contribution in [-0.2, 0) is 16.2 Å². The van der Waals surface area contributed by atoms with Gasteiger partial charge in [0, 0.05) is 11.1 Å². The van der Waals surface area contributed by atoms with Gasteiger partial charge in [0.15, 0.2) is 5.78 Å². The monoisotopic (exact) mass is 457 g/mol. The molecule has 4 nitrogen and oxygen atoms in total. The zero-order valence-electron chi connectivity index (χ0n) is 14.9. The fourth-order valence-corrected chi connectivity index (χ4v) is 3.96. The van der Waals surface area contributed by atoms with E-state index in [4.69, 9.17) is 11.6 Å². The number of ketones is 1. The standard InChI is InChI=1S/C20H12ClF4NO3S/c21-17-9-7-14(11-16(17)20(23,24)25)30(28,29)26-18-10-13(22)6-8-15(18)19(27)12-4-2-1-3-5-12/h1-11,26H. The Hall–Kier alpha value is -2.91. The molecule has 0 amide bonds. The summed E-state index contributed by atoms with van der Waals surface area (Å²) in [7, 11) is -4.60. The van der Waals surface area contributed by atoms with Gasteiger partial charge in [0.2, 0.25) is 0 Å². The van der Waals surface area contributed by atoms with Gasteiger partial charge >= 0.3 is 6.18 Å². The van der Waals surface area contributed by atoms with Gasteiger partial charge < -0.3 is 0 Å². The third-order valence-electron chi connectivity index (χ3n) is 4.06. The molecular weight excluding hydrogens is 446 g/mol. The Kier molecular flexibility index (Phi) is 5.87. The molecule has 1 N–H and O–H groups in total. The van der Waals surface area contributed by atoms with Crippen LogP contribution in [0.2, 0.25) is 5.02 Å². The highest BCUT2D eigenvalue weighted by molar-refractivity contribution is 7.92. The third-order valence-corrected chi connectivity index (χ3v) is 5.75. The normalized spacial score (nSPS) is 11.9. The maximum Gasteiger partial charge on any atom is 0.417 e. The first-order valence-corrected chi connectivity index (χ1v) is 10.1. The van der Waals surface area contributed by atoms with Gasteiger partial charge in [0.05, 0.1) is 21.2 Å². The maximum absolute atomic E-state index is 13.8. The molecule has 0 saturated carbocycles. The van der Waals surface area contributed by atoms with Gasteiger partial charge in [-0.05, 0) is 36.4 Å². The SMILES string of the molecule is O=C(c1ccccc1)c1ccc(F)cc1NS(=O)(=O)c1ccc(Cl)c(C(F)(F)F)c1. The summed E-state index contributed by atoms with van der Waals surface area (Å²) in [5.74, 6) is -1.44. The van der Waals surface area contributed by atoms with Gasteiger partial charge in [-0.3, -0.25) is 9.52 Å². The quantitative estimate of drug-likeness (QED) is 0.405. The van der Waals surface area contributed by atoms with Crippen LogP contribution in [0.4, 0.5) is 23.2 Å². The van der Waals surface area contributed by atoms with Crippen LogP contribution in [0, 0.1) is 5.82 Å². The molecule has 0 aliphatic heterocycles. The first-order valence-electron chi connectivity index (χ1n) is 8.28. The molecule has 156 valence electrons. The first-order chi connectivity index (χ1) is 14.0. The van der Waals surface area contributed by atoms with E-state index in [1.54, 1.807) is 18.2 Å². The maximum atomic E-state index is 13.8. The number of rotatable bonds is 5. The fourth-order valence-electron chi connectivity index (χ4n) is 2.64. The third kappa shape index (κ3) is 4.63. The zero-order chi connectivity index (χ0) is 22.1. The van der Waals surface area contributed by atoms with Crippen molar-refractivity contribution < 1.29 is 30.8 Å². The number of nitrogens with one attached hydrogen (secondary N) is 1. The highest BCUT2D eigenvalue weighted by Crippen LogP contribution is 2.36. The fraction of sp³-hybridized carbons (Fsp3) is 0.0500. The molecule has 3 aromatic rings. The summed E-state index contributed by atoms with van der Waals surface area (Å²) in [6.45, 7) is 0. The molecule has 3 aromatic carbocycles. The van der Waals surface area contributed by atoms with E-state index in [1.807, 2.05) is 4.72 Å². The van der Waals surface area contributed by atoms with E-state index in [2.05, 4.69) is 0 Å². The van der Waals surface area contributed by atoms with Gasteiger partial charge in [-0.25, -0.2) is 12.8 Å². The number of alkyl halides is 3. The Balaban J connectivity index is 2.04. The van der Waals surface area contributed by atoms with E-state index >= 15 is 0 Å². The van der Waals surface area contributed by atoms with Crippen LogP contribution in [0.3, 0.4) is 0 Å². The highest BCUT2D eigenvalue weighted by atomic mass is 35.5. The Morgan fingerprint density at radius 1 is 0.933 bits per heavy atom. The van der Waals surface area contributed by atoms with Crippen molar-refractivity contribution in [3.05, 3.63) is 94.3 Å². The molecule has 0 heterocycles. The number of carbonyl (C=O) groups excluding carboxylic acids is 1. The molecule has 0 bridgehead atoms. The molecule has 30 heavy (non-hydrogen) atoms. The summed E-state index contributed by atoms with van der Waals surface area (Å²) in [5.41, 5.74) is -1.70. The molecular formula is C20H12ClF4NO3S. The number of halogens is 5. The minimum Gasteiger partial charge on any atom is -0.289 e. The molecule has 0 aliphatic rings. The topological polar surface area (TPSA) is 63.2 Å². The lowest BCUT2D eigenvalue weighted by atomic mass is 10.0. The van der Waals surface area contributed by atoms with Crippen molar-refractivity contribution in [3.63, 3.8) is 0 Å². The lowest BCUT2D eigenvalue weighted by Gasteiger charge is -2.14. The van der Waals surface area contributed by atoms with Crippen LogP contribution in [0.25, 0.3) is 0 Å². The number of sulfonamides is 1. The van der Waals surface area contributed by atoms with Gasteiger partial charge in [0.1, 0.15) is 5.82 Å². The summed E-state index contributed by atoms with van der Waals surface area (Å²) in [6, 6.07) is 12.7. The lowest BCUT2D eigenvalue weighted by Crippen LogP contribution is -2.17. The number of hydrogen-bond acceptors (Lipinski definition) is 3. The molecule has 0 spiro atoms. The van der Waals surface area contributed by atoms with Crippen molar-refractivity contribution in [2.45, 2.75) is 11.1 Å². The molecule has 0 atom stereocenters. The van der Waals surface area contributed by atoms with Crippen molar-refractivity contribution in [1.29, 1.82) is 0 Å².